The Kier molecular flexibility index (Phi) is 6.86. The molecule has 1 heteroatoms. The largest absolute Gasteiger partial charge is 0.373 e. The van der Waals surface area contributed by atoms with Crippen molar-refractivity contribution in [3.63, 3.8) is 0 Å². The number of benzene rings is 1. The quantitative estimate of drug-likeness (QED) is 0.592. The van der Waals surface area contributed by atoms with Gasteiger partial charge in [-0.05, 0) is 23.8 Å². The fourth-order valence-electron chi connectivity index (χ4n) is 2.61. The second kappa shape index (κ2) is 8.16. The standard InChI is InChI=1S/C18H28O/c1-6-15(4)18(16(5)12-14(2)3)19-13-17-10-8-7-9-11-17/h6-11,14-16,18H,1,12-13H2,2-5H3/t15-,16+,18-/m0/s1. The van der Waals surface area contributed by atoms with Crippen molar-refractivity contribution in [1.82, 2.24) is 0 Å². The summed E-state index contributed by atoms with van der Waals surface area (Å²) in [6.07, 6.45) is 3.45. The average molecular weight is 260 g/mol. The molecule has 0 aliphatic heterocycles. The van der Waals surface area contributed by atoms with Gasteiger partial charge in [-0.25, -0.2) is 0 Å². The van der Waals surface area contributed by atoms with Gasteiger partial charge in [0.25, 0.3) is 0 Å². The second-order valence-electron chi connectivity index (χ2n) is 5.96. The molecule has 0 heterocycles. The van der Waals surface area contributed by atoms with Gasteiger partial charge < -0.3 is 4.74 Å². The third-order valence-corrected chi connectivity index (χ3v) is 3.58. The molecule has 1 aromatic carbocycles. The first-order valence-electron chi connectivity index (χ1n) is 7.32. The summed E-state index contributed by atoms with van der Waals surface area (Å²) in [5.41, 5.74) is 1.24. The molecule has 106 valence electrons. The molecule has 0 aromatic heterocycles. The van der Waals surface area contributed by atoms with Crippen molar-refractivity contribution < 1.29 is 4.74 Å². The predicted octanol–water partition coefficient (Wildman–Crippen LogP) is 5.08. The average Bonchev–Trinajstić information content (AvgIpc) is 2.39. The highest BCUT2D eigenvalue weighted by molar-refractivity contribution is 5.13. The Bertz CT molecular complexity index is 355. The summed E-state index contributed by atoms with van der Waals surface area (Å²) in [5, 5.41) is 0. The van der Waals surface area contributed by atoms with Crippen molar-refractivity contribution in [1.29, 1.82) is 0 Å². The molecule has 3 atom stereocenters. The number of rotatable bonds is 8. The Labute approximate surface area is 118 Å². The Morgan fingerprint density at radius 3 is 2.26 bits per heavy atom. The first-order valence-corrected chi connectivity index (χ1v) is 7.32. The van der Waals surface area contributed by atoms with Gasteiger partial charge in [0.1, 0.15) is 0 Å². The summed E-state index contributed by atoms with van der Waals surface area (Å²) in [6.45, 7) is 13.6. The van der Waals surface area contributed by atoms with Gasteiger partial charge in [-0.15, -0.1) is 6.58 Å². The molecule has 0 saturated carbocycles. The molecule has 0 aliphatic carbocycles. The van der Waals surface area contributed by atoms with E-state index in [2.05, 4.69) is 58.5 Å². The molecule has 19 heavy (non-hydrogen) atoms. The van der Waals surface area contributed by atoms with Crippen molar-refractivity contribution in [2.45, 2.75) is 46.8 Å². The maximum absolute atomic E-state index is 6.17. The van der Waals surface area contributed by atoms with Gasteiger partial charge in [-0.3, -0.25) is 0 Å². The van der Waals surface area contributed by atoms with E-state index in [9.17, 15) is 0 Å². The van der Waals surface area contributed by atoms with E-state index in [1.807, 2.05) is 12.1 Å². The molecule has 0 bridgehead atoms. The first kappa shape index (κ1) is 16.0. The molecule has 0 amide bonds. The third kappa shape index (κ3) is 5.61. The molecule has 1 aromatic rings. The topological polar surface area (TPSA) is 9.23 Å². The predicted molar refractivity (Wildman–Crippen MR) is 83.0 cm³/mol. The van der Waals surface area contributed by atoms with Crippen molar-refractivity contribution in [2.75, 3.05) is 0 Å². The molecule has 0 N–H and O–H groups in total. The molecule has 0 saturated heterocycles. The molecular formula is C18H28O. The zero-order chi connectivity index (χ0) is 14.3. The summed E-state index contributed by atoms with van der Waals surface area (Å²) >= 11 is 0. The van der Waals surface area contributed by atoms with E-state index in [0.717, 1.165) is 0 Å². The molecule has 1 nitrogen and oxygen atoms in total. The molecule has 0 fully saturated rings. The molecular weight excluding hydrogens is 232 g/mol. The lowest BCUT2D eigenvalue weighted by molar-refractivity contribution is -0.0215. The second-order valence-corrected chi connectivity index (χ2v) is 5.96. The van der Waals surface area contributed by atoms with Gasteiger partial charge >= 0.3 is 0 Å². The zero-order valence-corrected chi connectivity index (χ0v) is 12.8. The van der Waals surface area contributed by atoms with Crippen LogP contribution in [0.15, 0.2) is 43.0 Å². The minimum absolute atomic E-state index is 0.250. The van der Waals surface area contributed by atoms with Crippen LogP contribution in [-0.4, -0.2) is 6.10 Å². The van der Waals surface area contributed by atoms with Crippen LogP contribution >= 0.6 is 0 Å². The van der Waals surface area contributed by atoms with Gasteiger partial charge in [0.2, 0.25) is 0 Å². The molecule has 1 rings (SSSR count). The van der Waals surface area contributed by atoms with Crippen LogP contribution in [0.5, 0.6) is 0 Å². The smallest absolute Gasteiger partial charge is 0.0721 e. The lowest BCUT2D eigenvalue weighted by Crippen LogP contribution is -2.29. The van der Waals surface area contributed by atoms with E-state index in [4.69, 9.17) is 4.74 Å². The van der Waals surface area contributed by atoms with E-state index in [1.54, 1.807) is 0 Å². The molecule has 0 radical (unpaired) electrons. The van der Waals surface area contributed by atoms with Crippen LogP contribution in [0.3, 0.4) is 0 Å². The Morgan fingerprint density at radius 2 is 1.74 bits per heavy atom. The van der Waals surface area contributed by atoms with Gasteiger partial charge in [0.15, 0.2) is 0 Å². The van der Waals surface area contributed by atoms with E-state index >= 15 is 0 Å². The van der Waals surface area contributed by atoms with Crippen molar-refractivity contribution in [2.24, 2.45) is 17.8 Å². The van der Waals surface area contributed by atoms with Gasteiger partial charge in [-0.1, -0.05) is 64.1 Å². The first-order chi connectivity index (χ1) is 9.04. The van der Waals surface area contributed by atoms with Crippen molar-refractivity contribution in [3.05, 3.63) is 48.6 Å². The maximum Gasteiger partial charge on any atom is 0.0721 e. The Balaban J connectivity index is 2.61. The van der Waals surface area contributed by atoms with E-state index in [0.29, 0.717) is 24.4 Å². The molecule has 0 aliphatic rings. The van der Waals surface area contributed by atoms with Crippen molar-refractivity contribution in [3.8, 4) is 0 Å². The number of ether oxygens (including phenoxy) is 1. The zero-order valence-electron chi connectivity index (χ0n) is 12.8. The summed E-state index contributed by atoms with van der Waals surface area (Å²) in [4.78, 5) is 0. The minimum Gasteiger partial charge on any atom is -0.373 e. The van der Waals surface area contributed by atoms with Crippen molar-refractivity contribution >= 4 is 0 Å². The summed E-state index contributed by atoms with van der Waals surface area (Å²) in [7, 11) is 0. The lowest BCUT2D eigenvalue weighted by Gasteiger charge is -2.29. The molecule has 0 unspecified atom stereocenters. The summed E-state index contributed by atoms with van der Waals surface area (Å²) in [5.74, 6) is 1.64. The van der Waals surface area contributed by atoms with E-state index in [-0.39, 0.29) is 6.10 Å². The van der Waals surface area contributed by atoms with Crippen LogP contribution in [0, 0.1) is 17.8 Å². The third-order valence-electron chi connectivity index (χ3n) is 3.58. The maximum atomic E-state index is 6.17. The van der Waals surface area contributed by atoms with Crippen LogP contribution in [0.25, 0.3) is 0 Å². The van der Waals surface area contributed by atoms with E-state index < -0.39 is 0 Å². The van der Waals surface area contributed by atoms with Gasteiger partial charge in [-0.2, -0.15) is 0 Å². The van der Waals surface area contributed by atoms with Crippen LogP contribution in [0.1, 0.15) is 39.7 Å². The Hall–Kier alpha value is -1.08. The van der Waals surface area contributed by atoms with E-state index in [1.165, 1.54) is 12.0 Å². The van der Waals surface area contributed by atoms with Crippen LogP contribution in [-0.2, 0) is 11.3 Å². The highest BCUT2D eigenvalue weighted by Crippen LogP contribution is 2.25. The monoisotopic (exact) mass is 260 g/mol. The summed E-state index contributed by atoms with van der Waals surface area (Å²) in [6, 6.07) is 10.4. The highest BCUT2D eigenvalue weighted by atomic mass is 16.5. The van der Waals surface area contributed by atoms with Crippen LogP contribution in [0.2, 0.25) is 0 Å². The Morgan fingerprint density at radius 1 is 1.11 bits per heavy atom. The summed E-state index contributed by atoms with van der Waals surface area (Å²) < 4.78 is 6.17. The minimum atomic E-state index is 0.250. The van der Waals surface area contributed by atoms with Crippen LogP contribution < -0.4 is 0 Å². The molecule has 0 spiro atoms. The normalized spacial score (nSPS) is 16.1. The van der Waals surface area contributed by atoms with Gasteiger partial charge in [0.05, 0.1) is 12.7 Å². The SMILES string of the molecule is C=C[C@H](C)[C@H](OCc1ccccc1)[C@H](C)CC(C)C. The fraction of sp³-hybridized carbons (Fsp3) is 0.556. The lowest BCUT2D eigenvalue weighted by atomic mass is 9.87. The number of hydrogen-bond acceptors (Lipinski definition) is 1. The van der Waals surface area contributed by atoms with Crippen LogP contribution in [0.4, 0.5) is 0 Å². The number of hydrogen-bond donors (Lipinski definition) is 0. The van der Waals surface area contributed by atoms with Gasteiger partial charge in [0, 0.05) is 5.92 Å². The fourth-order valence-corrected chi connectivity index (χ4v) is 2.61. The highest BCUT2D eigenvalue weighted by Gasteiger charge is 2.23.